The maximum absolute atomic E-state index is 11.8. The molecule has 0 spiro atoms. The summed E-state index contributed by atoms with van der Waals surface area (Å²) < 4.78 is 7.48. The van der Waals surface area contributed by atoms with Crippen LogP contribution in [0.2, 0.25) is 0 Å². The van der Waals surface area contributed by atoms with E-state index in [1.54, 1.807) is 31.3 Å². The number of carbonyl (C=O) groups is 1. The first kappa shape index (κ1) is 11.7. The lowest BCUT2D eigenvalue weighted by atomic mass is 10.3. The number of rotatable bonds is 2. The van der Waals surface area contributed by atoms with Gasteiger partial charge in [-0.1, -0.05) is 15.9 Å². The first-order valence-electron chi connectivity index (χ1n) is 4.83. The number of ether oxygens (including phenoxy) is 1. The van der Waals surface area contributed by atoms with Gasteiger partial charge in [0.2, 0.25) is 0 Å². The Hall–Kier alpha value is -1.82. The topological polar surface area (TPSA) is 70.1 Å². The Morgan fingerprint density at radius 3 is 2.59 bits per heavy atom. The van der Waals surface area contributed by atoms with Crippen molar-refractivity contribution in [3.8, 4) is 5.75 Å². The van der Waals surface area contributed by atoms with Gasteiger partial charge in [0.25, 0.3) is 0 Å². The van der Waals surface area contributed by atoms with E-state index in [1.807, 2.05) is 0 Å². The Bertz CT molecular complexity index is 548. The van der Waals surface area contributed by atoms with Crippen molar-refractivity contribution >= 4 is 27.7 Å². The fourth-order valence-corrected chi connectivity index (χ4v) is 1.61. The van der Waals surface area contributed by atoms with E-state index in [-0.39, 0.29) is 5.82 Å². The van der Waals surface area contributed by atoms with Gasteiger partial charge in [0.05, 0.1) is 0 Å². The summed E-state index contributed by atoms with van der Waals surface area (Å²) in [5.41, 5.74) is 5.80. The van der Waals surface area contributed by atoms with Crippen LogP contribution in [0.15, 0.2) is 34.8 Å². The van der Waals surface area contributed by atoms with Gasteiger partial charge >= 0.3 is 5.97 Å². The van der Waals surface area contributed by atoms with Crippen LogP contribution >= 0.6 is 15.9 Å². The maximum atomic E-state index is 11.8. The van der Waals surface area contributed by atoms with Crippen molar-refractivity contribution in [1.82, 2.24) is 9.78 Å². The van der Waals surface area contributed by atoms with Crippen LogP contribution in [-0.2, 0) is 7.05 Å². The van der Waals surface area contributed by atoms with E-state index in [2.05, 4.69) is 21.0 Å². The monoisotopic (exact) mass is 295 g/mol. The minimum Gasteiger partial charge on any atom is -0.422 e. The summed E-state index contributed by atoms with van der Waals surface area (Å²) >= 11 is 3.30. The zero-order valence-electron chi connectivity index (χ0n) is 9.05. The summed E-state index contributed by atoms with van der Waals surface area (Å²) in [6, 6.07) is 8.45. The molecule has 88 valence electrons. The van der Waals surface area contributed by atoms with Gasteiger partial charge in [-0.15, -0.1) is 0 Å². The van der Waals surface area contributed by atoms with Gasteiger partial charge in [-0.05, 0) is 24.3 Å². The molecular formula is C11H10BrN3O2. The van der Waals surface area contributed by atoms with Gasteiger partial charge < -0.3 is 10.5 Å². The molecule has 0 atom stereocenters. The summed E-state index contributed by atoms with van der Waals surface area (Å²) in [6.45, 7) is 0. The predicted molar refractivity (Wildman–Crippen MR) is 66.7 cm³/mol. The number of anilines is 1. The third-order valence-electron chi connectivity index (χ3n) is 2.13. The summed E-state index contributed by atoms with van der Waals surface area (Å²) in [6.07, 6.45) is 0. The number of nitrogen functional groups attached to an aromatic ring is 1. The number of aryl methyl sites for hydroxylation is 1. The summed E-state index contributed by atoms with van der Waals surface area (Å²) in [7, 11) is 1.63. The minimum absolute atomic E-state index is 0.287. The lowest BCUT2D eigenvalue weighted by Crippen LogP contribution is -2.13. The van der Waals surface area contributed by atoms with Crippen molar-refractivity contribution in [3.05, 3.63) is 40.5 Å². The summed E-state index contributed by atoms with van der Waals surface area (Å²) in [5.74, 6) is 0.271. The highest BCUT2D eigenvalue weighted by molar-refractivity contribution is 9.10. The molecule has 0 amide bonds. The largest absolute Gasteiger partial charge is 0.422 e. The quantitative estimate of drug-likeness (QED) is 0.679. The Morgan fingerprint density at radius 1 is 1.41 bits per heavy atom. The van der Waals surface area contributed by atoms with Crippen LogP contribution in [-0.4, -0.2) is 15.7 Å². The molecule has 0 radical (unpaired) electrons. The second-order valence-electron chi connectivity index (χ2n) is 3.42. The molecule has 17 heavy (non-hydrogen) atoms. The van der Waals surface area contributed by atoms with Gasteiger partial charge in [0.1, 0.15) is 17.3 Å². The number of carbonyl (C=O) groups excluding carboxylic acids is 1. The van der Waals surface area contributed by atoms with E-state index in [1.165, 1.54) is 10.7 Å². The Kier molecular flexibility index (Phi) is 3.14. The van der Waals surface area contributed by atoms with E-state index in [0.717, 1.165) is 4.47 Å². The molecule has 5 nitrogen and oxygen atoms in total. The molecule has 0 aliphatic heterocycles. The van der Waals surface area contributed by atoms with Crippen molar-refractivity contribution < 1.29 is 9.53 Å². The zero-order valence-corrected chi connectivity index (χ0v) is 10.6. The van der Waals surface area contributed by atoms with E-state index in [4.69, 9.17) is 10.5 Å². The van der Waals surface area contributed by atoms with E-state index in [9.17, 15) is 4.79 Å². The molecule has 2 N–H and O–H groups in total. The molecule has 0 fully saturated rings. The third kappa shape index (κ3) is 2.65. The highest BCUT2D eigenvalue weighted by Crippen LogP contribution is 2.17. The molecule has 1 heterocycles. The molecule has 6 heteroatoms. The summed E-state index contributed by atoms with van der Waals surface area (Å²) in [5, 5.41) is 3.87. The average Bonchev–Trinajstić information content (AvgIpc) is 2.61. The molecule has 0 unspecified atom stereocenters. The molecule has 2 rings (SSSR count). The van der Waals surface area contributed by atoms with Gasteiger partial charge in [-0.3, -0.25) is 4.68 Å². The molecule has 1 aromatic heterocycles. The van der Waals surface area contributed by atoms with Crippen LogP contribution in [0.5, 0.6) is 5.75 Å². The predicted octanol–water partition coefficient (Wildman–Crippen LogP) is 1.98. The smallest absolute Gasteiger partial charge is 0.362 e. The molecule has 0 saturated carbocycles. The van der Waals surface area contributed by atoms with Gasteiger partial charge in [0.15, 0.2) is 0 Å². The van der Waals surface area contributed by atoms with Crippen molar-refractivity contribution in [1.29, 1.82) is 0 Å². The van der Waals surface area contributed by atoms with Crippen LogP contribution in [0.4, 0.5) is 5.82 Å². The van der Waals surface area contributed by atoms with Crippen LogP contribution in [0, 0.1) is 0 Å². The highest BCUT2D eigenvalue weighted by atomic mass is 79.9. The number of hydrogen-bond donors (Lipinski definition) is 1. The lowest BCUT2D eigenvalue weighted by molar-refractivity contribution is 0.0723. The second kappa shape index (κ2) is 4.58. The number of halogens is 1. The van der Waals surface area contributed by atoms with Crippen molar-refractivity contribution in [2.45, 2.75) is 0 Å². The van der Waals surface area contributed by atoms with Gasteiger partial charge in [-0.25, -0.2) is 4.79 Å². The fourth-order valence-electron chi connectivity index (χ4n) is 1.34. The molecule has 2 aromatic rings. The number of hydrogen-bond acceptors (Lipinski definition) is 4. The number of nitrogens with zero attached hydrogens (tertiary/aromatic N) is 2. The standard InChI is InChI=1S/C11H10BrN3O2/c1-15-9(6-10(13)14-15)11(16)17-8-4-2-7(12)3-5-8/h2-6H,1H3,(H2,13,14). The van der Waals surface area contributed by atoms with E-state index < -0.39 is 5.97 Å². The van der Waals surface area contributed by atoms with Gasteiger partial charge in [0, 0.05) is 17.6 Å². The number of esters is 1. The number of benzene rings is 1. The first-order chi connectivity index (χ1) is 8.06. The van der Waals surface area contributed by atoms with Crippen molar-refractivity contribution in [2.75, 3.05) is 5.73 Å². The average molecular weight is 296 g/mol. The molecule has 0 aliphatic rings. The Balaban J connectivity index is 2.17. The number of nitrogens with two attached hydrogens (primary N) is 1. The van der Waals surface area contributed by atoms with Crippen molar-refractivity contribution in [2.24, 2.45) is 7.05 Å². The van der Waals surface area contributed by atoms with Crippen LogP contribution in [0.1, 0.15) is 10.5 Å². The molecule has 0 bridgehead atoms. The van der Waals surface area contributed by atoms with Crippen LogP contribution in [0.3, 0.4) is 0 Å². The van der Waals surface area contributed by atoms with E-state index in [0.29, 0.717) is 11.4 Å². The number of aromatic nitrogens is 2. The molecule has 1 aromatic carbocycles. The molecule has 0 saturated heterocycles. The lowest BCUT2D eigenvalue weighted by Gasteiger charge is -2.03. The molecular weight excluding hydrogens is 286 g/mol. The molecule has 0 aliphatic carbocycles. The Labute approximate surface area is 106 Å². The van der Waals surface area contributed by atoms with Gasteiger partial charge in [-0.2, -0.15) is 5.10 Å². The highest BCUT2D eigenvalue weighted by Gasteiger charge is 2.14. The summed E-state index contributed by atoms with van der Waals surface area (Å²) in [4.78, 5) is 11.8. The van der Waals surface area contributed by atoms with Crippen LogP contribution in [0.25, 0.3) is 0 Å². The van der Waals surface area contributed by atoms with Crippen LogP contribution < -0.4 is 10.5 Å². The minimum atomic E-state index is -0.487. The third-order valence-corrected chi connectivity index (χ3v) is 2.66. The van der Waals surface area contributed by atoms with Crippen molar-refractivity contribution in [3.63, 3.8) is 0 Å². The maximum Gasteiger partial charge on any atom is 0.362 e. The normalized spacial score (nSPS) is 10.2. The fraction of sp³-hybridized carbons (Fsp3) is 0.0909. The zero-order chi connectivity index (χ0) is 12.4. The second-order valence-corrected chi connectivity index (χ2v) is 4.34. The van der Waals surface area contributed by atoms with E-state index >= 15 is 0 Å². The SMILES string of the molecule is Cn1nc(N)cc1C(=O)Oc1ccc(Br)cc1. The Morgan fingerprint density at radius 2 is 2.06 bits per heavy atom. The first-order valence-corrected chi connectivity index (χ1v) is 5.63.